The van der Waals surface area contributed by atoms with Crippen molar-refractivity contribution in [2.24, 2.45) is 5.10 Å². The summed E-state index contributed by atoms with van der Waals surface area (Å²) in [5, 5.41) is 8.30. The molecule has 5 aromatic rings. The van der Waals surface area contributed by atoms with E-state index in [4.69, 9.17) is 31.4 Å². The molecule has 0 aliphatic carbocycles. The summed E-state index contributed by atoms with van der Waals surface area (Å²) in [5.74, 6) is 1.20. The lowest BCUT2D eigenvalue weighted by molar-refractivity contribution is 0.414. The molecule has 0 saturated carbocycles. The van der Waals surface area contributed by atoms with Crippen LogP contribution in [0.4, 0.5) is 11.6 Å². The number of methoxy groups -OCH3 is 1. The molecule has 0 radical (unpaired) electrons. The Balaban J connectivity index is 1.50. The molecule has 1 aliphatic heterocycles. The molecule has 6 rings (SSSR count). The van der Waals surface area contributed by atoms with E-state index in [2.05, 4.69) is 4.72 Å². The number of nitrogens with one attached hydrogen (secondary N) is 1. The van der Waals surface area contributed by atoms with Crippen molar-refractivity contribution >= 4 is 49.9 Å². The van der Waals surface area contributed by atoms with E-state index < -0.39 is 10.0 Å². The predicted octanol–water partition coefficient (Wildman–Crippen LogP) is 6.69. The molecule has 8 nitrogen and oxygen atoms in total. The van der Waals surface area contributed by atoms with E-state index in [0.29, 0.717) is 23.1 Å². The van der Waals surface area contributed by atoms with Crippen LogP contribution in [0, 0.1) is 0 Å². The first-order chi connectivity index (χ1) is 19.8. The third-order valence-corrected chi connectivity index (χ3v) is 7.65. The summed E-state index contributed by atoms with van der Waals surface area (Å²) < 4.78 is 31.6. The van der Waals surface area contributed by atoms with Gasteiger partial charge in [-0.3, -0.25) is 4.72 Å². The maximum atomic E-state index is 11.9. The van der Waals surface area contributed by atoms with E-state index >= 15 is 0 Å². The van der Waals surface area contributed by atoms with Gasteiger partial charge in [0.2, 0.25) is 16.0 Å². The summed E-state index contributed by atoms with van der Waals surface area (Å²) >= 11 is 6.37. The van der Waals surface area contributed by atoms with Crippen LogP contribution in [-0.4, -0.2) is 37.5 Å². The lowest BCUT2D eigenvalue weighted by atomic mass is 9.98. The van der Waals surface area contributed by atoms with Crippen molar-refractivity contribution in [1.29, 1.82) is 0 Å². The summed E-state index contributed by atoms with van der Waals surface area (Å²) in [4.78, 5) is 9.95. The highest BCUT2D eigenvalue weighted by molar-refractivity contribution is 7.92. The van der Waals surface area contributed by atoms with Gasteiger partial charge < -0.3 is 4.74 Å². The number of nitrogens with zero attached hydrogens (tertiary/aromatic N) is 4. The zero-order valence-electron chi connectivity index (χ0n) is 22.3. The Labute approximate surface area is 243 Å². The van der Waals surface area contributed by atoms with Gasteiger partial charge in [0.1, 0.15) is 5.75 Å². The first kappa shape index (κ1) is 26.7. The SMILES string of the molecule is COc1ccc([C@@H]2CC(c3cccc(NS(C)(=O)=O)c3)=NN2c2nc(-c3ccccc3)c3cc(Cl)ccc3n2)cc1. The van der Waals surface area contributed by atoms with Crippen molar-refractivity contribution in [2.75, 3.05) is 23.1 Å². The number of aromatic nitrogens is 2. The number of rotatable bonds is 7. The average molecular weight is 584 g/mol. The Hall–Kier alpha value is -4.47. The maximum Gasteiger partial charge on any atom is 0.247 e. The Morgan fingerprint density at radius 3 is 2.39 bits per heavy atom. The maximum absolute atomic E-state index is 11.9. The molecule has 2 heterocycles. The third kappa shape index (κ3) is 5.73. The number of hydrogen-bond donors (Lipinski definition) is 1. The second-order valence-electron chi connectivity index (χ2n) is 9.74. The van der Waals surface area contributed by atoms with E-state index in [1.54, 1.807) is 25.3 Å². The number of hydrazone groups is 1. The molecule has 0 spiro atoms. The largest absolute Gasteiger partial charge is 0.497 e. The molecular weight excluding hydrogens is 558 g/mol. The van der Waals surface area contributed by atoms with Gasteiger partial charge in [-0.25, -0.2) is 23.4 Å². The molecule has 1 atom stereocenters. The standard InChI is InChI=1S/C31H26ClN5O3S/c1-40-25-14-11-20(12-15-25)29-19-28(22-9-6-10-24(17-22)36-41(2,38)39)35-37(29)31-33-27-16-13-23(32)18-26(27)30(34-31)21-7-4-3-5-8-21/h3-18,29,36H,19H2,1-2H3/t29-/m0/s1. The molecule has 0 amide bonds. The van der Waals surface area contributed by atoms with E-state index in [0.717, 1.165) is 51.0 Å². The minimum atomic E-state index is -3.43. The molecule has 0 fully saturated rings. The van der Waals surface area contributed by atoms with Gasteiger partial charge in [-0.2, -0.15) is 5.10 Å². The van der Waals surface area contributed by atoms with Gasteiger partial charge in [0.05, 0.1) is 36.3 Å². The lowest BCUT2D eigenvalue weighted by Gasteiger charge is -2.23. The summed E-state index contributed by atoms with van der Waals surface area (Å²) in [5.41, 5.74) is 5.50. The smallest absolute Gasteiger partial charge is 0.247 e. The Kier molecular flexibility index (Phi) is 7.07. The molecule has 206 valence electrons. The highest BCUT2D eigenvalue weighted by atomic mass is 35.5. The van der Waals surface area contributed by atoms with Crippen LogP contribution in [0.3, 0.4) is 0 Å². The topological polar surface area (TPSA) is 96.8 Å². The molecule has 0 saturated heterocycles. The number of halogens is 1. The molecule has 4 aromatic carbocycles. The van der Waals surface area contributed by atoms with Gasteiger partial charge in [0, 0.05) is 28.1 Å². The van der Waals surface area contributed by atoms with Crippen molar-refractivity contribution < 1.29 is 13.2 Å². The fourth-order valence-electron chi connectivity index (χ4n) is 4.94. The molecule has 1 aliphatic rings. The second kappa shape index (κ2) is 10.8. The van der Waals surface area contributed by atoms with Crippen LogP contribution in [0.25, 0.3) is 22.2 Å². The van der Waals surface area contributed by atoms with Crippen LogP contribution in [-0.2, 0) is 10.0 Å². The van der Waals surface area contributed by atoms with Crippen molar-refractivity contribution in [3.8, 4) is 17.0 Å². The van der Waals surface area contributed by atoms with E-state index in [1.807, 2.05) is 83.9 Å². The van der Waals surface area contributed by atoms with Gasteiger partial charge in [0.25, 0.3) is 0 Å². The summed E-state index contributed by atoms with van der Waals surface area (Å²) in [6.45, 7) is 0. The first-order valence-corrected chi connectivity index (χ1v) is 15.2. The van der Waals surface area contributed by atoms with Crippen molar-refractivity contribution in [3.63, 3.8) is 0 Å². The fraction of sp³-hybridized carbons (Fsp3) is 0.129. The van der Waals surface area contributed by atoms with Crippen LogP contribution in [0.2, 0.25) is 5.02 Å². The Bertz CT molecular complexity index is 1880. The lowest BCUT2D eigenvalue weighted by Crippen LogP contribution is -2.21. The normalized spacial score (nSPS) is 15.1. The molecule has 0 bridgehead atoms. The number of fused-ring (bicyclic) bond motifs is 1. The Morgan fingerprint density at radius 1 is 0.902 bits per heavy atom. The number of benzene rings is 4. The van der Waals surface area contributed by atoms with Crippen molar-refractivity contribution in [3.05, 3.63) is 113 Å². The second-order valence-corrected chi connectivity index (χ2v) is 11.9. The van der Waals surface area contributed by atoms with Crippen molar-refractivity contribution in [2.45, 2.75) is 12.5 Å². The molecular formula is C31H26ClN5O3S. The highest BCUT2D eigenvalue weighted by Gasteiger charge is 2.32. The zero-order chi connectivity index (χ0) is 28.6. The van der Waals surface area contributed by atoms with Gasteiger partial charge >= 0.3 is 0 Å². The predicted molar refractivity (Wildman–Crippen MR) is 164 cm³/mol. The number of anilines is 2. The molecule has 1 N–H and O–H groups in total. The average Bonchev–Trinajstić information content (AvgIpc) is 3.42. The van der Waals surface area contributed by atoms with Crippen LogP contribution in [0.15, 0.2) is 102 Å². The number of sulfonamides is 1. The van der Waals surface area contributed by atoms with Crippen LogP contribution >= 0.6 is 11.6 Å². The van der Waals surface area contributed by atoms with Gasteiger partial charge in [0.15, 0.2) is 0 Å². The minimum absolute atomic E-state index is 0.212. The quantitative estimate of drug-likeness (QED) is 0.229. The van der Waals surface area contributed by atoms with Gasteiger partial charge in [-0.05, 0) is 53.6 Å². The third-order valence-electron chi connectivity index (χ3n) is 6.81. The van der Waals surface area contributed by atoms with E-state index in [1.165, 1.54) is 0 Å². The summed E-state index contributed by atoms with van der Waals surface area (Å²) in [7, 11) is -1.79. The fourth-order valence-corrected chi connectivity index (χ4v) is 5.67. The summed E-state index contributed by atoms with van der Waals surface area (Å²) in [6.07, 6.45) is 1.68. The molecule has 41 heavy (non-hydrogen) atoms. The monoisotopic (exact) mass is 583 g/mol. The molecule has 10 heteroatoms. The summed E-state index contributed by atoms with van der Waals surface area (Å²) in [6, 6.07) is 30.4. The van der Waals surface area contributed by atoms with Crippen LogP contribution in [0.1, 0.15) is 23.6 Å². The van der Waals surface area contributed by atoms with Gasteiger partial charge in [-0.1, -0.05) is 66.2 Å². The zero-order valence-corrected chi connectivity index (χ0v) is 23.9. The molecule has 0 unspecified atom stereocenters. The number of ether oxygens (including phenoxy) is 1. The van der Waals surface area contributed by atoms with Crippen molar-refractivity contribution in [1.82, 2.24) is 9.97 Å². The van der Waals surface area contributed by atoms with E-state index in [-0.39, 0.29) is 6.04 Å². The van der Waals surface area contributed by atoms with Gasteiger partial charge in [-0.15, -0.1) is 0 Å². The number of hydrogen-bond acceptors (Lipinski definition) is 7. The van der Waals surface area contributed by atoms with Crippen LogP contribution < -0.4 is 14.5 Å². The Morgan fingerprint density at radius 2 is 1.66 bits per heavy atom. The minimum Gasteiger partial charge on any atom is -0.497 e. The van der Waals surface area contributed by atoms with Crippen LogP contribution in [0.5, 0.6) is 5.75 Å². The highest BCUT2D eigenvalue weighted by Crippen LogP contribution is 2.38. The first-order valence-electron chi connectivity index (χ1n) is 12.9. The van der Waals surface area contributed by atoms with E-state index in [9.17, 15) is 8.42 Å². The molecule has 1 aromatic heterocycles.